The van der Waals surface area contributed by atoms with Crippen molar-refractivity contribution in [2.45, 2.75) is 97.3 Å². The Kier molecular flexibility index (Phi) is 24.9. The Morgan fingerprint density at radius 3 is 1.73 bits per heavy atom. The molecule has 0 aromatic rings. The van der Waals surface area contributed by atoms with Crippen LogP contribution in [0.2, 0.25) is 0 Å². The highest BCUT2D eigenvalue weighted by Gasteiger charge is 2.06. The van der Waals surface area contributed by atoms with Crippen LogP contribution in [0.4, 0.5) is 0 Å². The minimum Gasteiger partial charge on any atom is -0.319 e. The van der Waals surface area contributed by atoms with E-state index < -0.39 is 0 Å². The van der Waals surface area contributed by atoms with Crippen molar-refractivity contribution >= 4 is 0 Å². The van der Waals surface area contributed by atoms with E-state index in [2.05, 4.69) is 80.1 Å². The van der Waals surface area contributed by atoms with Crippen LogP contribution in [-0.4, -0.2) is 26.7 Å². The summed E-state index contributed by atoms with van der Waals surface area (Å²) in [7, 11) is 2.07. The molecule has 0 aliphatic heterocycles. The molecule has 0 heterocycles. The number of unbranched alkanes of at least 4 members (excludes halogenated alkanes) is 6. The van der Waals surface area contributed by atoms with Gasteiger partial charge in [0, 0.05) is 0 Å². The first-order valence-corrected chi connectivity index (χ1v) is 12.8. The molecular formula is C28H52N2. The quantitative estimate of drug-likeness (QED) is 0.139. The molecule has 1 atom stereocenters. The van der Waals surface area contributed by atoms with Crippen molar-refractivity contribution in [3.05, 3.63) is 48.6 Å². The van der Waals surface area contributed by atoms with E-state index in [1.165, 1.54) is 64.2 Å². The Balaban J connectivity index is 3.53. The van der Waals surface area contributed by atoms with E-state index in [0.29, 0.717) is 0 Å². The summed E-state index contributed by atoms with van der Waals surface area (Å²) < 4.78 is 0. The van der Waals surface area contributed by atoms with Gasteiger partial charge in [-0.3, -0.25) is 0 Å². The third kappa shape index (κ3) is 23.2. The Bertz CT molecular complexity index is 434. The van der Waals surface area contributed by atoms with Crippen LogP contribution in [0.25, 0.3) is 0 Å². The molecule has 0 aromatic carbocycles. The first-order chi connectivity index (χ1) is 14.8. The van der Waals surface area contributed by atoms with Gasteiger partial charge >= 0.3 is 0 Å². The zero-order valence-electron chi connectivity index (χ0n) is 20.5. The second-order valence-electron chi connectivity index (χ2n) is 8.29. The summed E-state index contributed by atoms with van der Waals surface area (Å²) in [5.74, 6) is 0.825. The van der Waals surface area contributed by atoms with Gasteiger partial charge in [0.2, 0.25) is 0 Å². The lowest BCUT2D eigenvalue weighted by molar-refractivity contribution is 0.404. The molecule has 2 heteroatoms. The largest absolute Gasteiger partial charge is 0.319 e. The summed E-state index contributed by atoms with van der Waals surface area (Å²) in [5, 5.41) is 6.80. The lowest BCUT2D eigenvalue weighted by atomic mass is 9.97. The zero-order chi connectivity index (χ0) is 22.0. The molecule has 0 aliphatic carbocycles. The molecule has 2 nitrogen and oxygen atoms in total. The predicted molar refractivity (Wildman–Crippen MR) is 138 cm³/mol. The third-order valence-corrected chi connectivity index (χ3v) is 5.41. The maximum atomic E-state index is 3.45. The zero-order valence-corrected chi connectivity index (χ0v) is 20.5. The van der Waals surface area contributed by atoms with E-state index in [1.807, 2.05) is 0 Å². The van der Waals surface area contributed by atoms with Crippen LogP contribution in [0.5, 0.6) is 0 Å². The topological polar surface area (TPSA) is 24.1 Å². The molecule has 174 valence electrons. The van der Waals surface area contributed by atoms with Gasteiger partial charge in [-0.05, 0) is 90.4 Å². The van der Waals surface area contributed by atoms with Crippen molar-refractivity contribution in [3.8, 4) is 0 Å². The van der Waals surface area contributed by atoms with Crippen molar-refractivity contribution in [1.82, 2.24) is 10.6 Å². The van der Waals surface area contributed by atoms with Gasteiger partial charge in [0.15, 0.2) is 0 Å². The molecular weight excluding hydrogens is 364 g/mol. The fraction of sp³-hybridized carbons (Fsp3) is 0.714. The van der Waals surface area contributed by atoms with Crippen LogP contribution in [0.15, 0.2) is 48.6 Å². The molecule has 0 rings (SSSR count). The summed E-state index contributed by atoms with van der Waals surface area (Å²) in [6, 6.07) is 0. The second-order valence-corrected chi connectivity index (χ2v) is 8.29. The van der Waals surface area contributed by atoms with Crippen LogP contribution in [0, 0.1) is 5.92 Å². The van der Waals surface area contributed by atoms with E-state index in [-0.39, 0.29) is 0 Å². The SMILES string of the molecule is CCCCC/C=C\C/C=C\C/C=C\C/C=C\CCCCCC(CCNCC)CNC. The van der Waals surface area contributed by atoms with Crippen LogP contribution < -0.4 is 10.6 Å². The molecule has 0 radical (unpaired) electrons. The summed E-state index contributed by atoms with van der Waals surface area (Å²) >= 11 is 0. The number of hydrogen-bond acceptors (Lipinski definition) is 2. The highest BCUT2D eigenvalue weighted by Crippen LogP contribution is 2.14. The van der Waals surface area contributed by atoms with Gasteiger partial charge in [0.1, 0.15) is 0 Å². The standard InChI is InChI=1S/C28H52N2/c1-4-6-7-8-9-10-11-12-13-14-15-16-17-18-19-20-21-22-23-24-28(27-29-3)25-26-30-5-2/h9-10,12-13,15-16,18-19,28-30H,4-8,11,14,17,20-27H2,1-3H3/b10-9-,13-12-,16-15-,19-18-. The predicted octanol–water partition coefficient (Wildman–Crippen LogP) is 7.75. The second kappa shape index (κ2) is 25.9. The first kappa shape index (κ1) is 28.9. The third-order valence-electron chi connectivity index (χ3n) is 5.41. The average Bonchev–Trinajstić information content (AvgIpc) is 2.75. The molecule has 0 amide bonds. The number of rotatable bonds is 22. The van der Waals surface area contributed by atoms with Crippen molar-refractivity contribution < 1.29 is 0 Å². The summed E-state index contributed by atoms with van der Waals surface area (Å²) in [5.41, 5.74) is 0. The summed E-state index contributed by atoms with van der Waals surface area (Å²) in [6.45, 7) is 7.84. The fourth-order valence-corrected chi connectivity index (χ4v) is 3.55. The Morgan fingerprint density at radius 2 is 1.20 bits per heavy atom. The number of allylic oxidation sites excluding steroid dienone is 8. The molecule has 0 saturated heterocycles. The highest BCUT2D eigenvalue weighted by molar-refractivity contribution is 4.99. The molecule has 0 saturated carbocycles. The van der Waals surface area contributed by atoms with Gasteiger partial charge < -0.3 is 10.6 Å². The van der Waals surface area contributed by atoms with Gasteiger partial charge in [-0.1, -0.05) is 88.1 Å². The van der Waals surface area contributed by atoms with E-state index in [4.69, 9.17) is 0 Å². The summed E-state index contributed by atoms with van der Waals surface area (Å²) in [4.78, 5) is 0. The van der Waals surface area contributed by atoms with Gasteiger partial charge in [0.05, 0.1) is 0 Å². The number of hydrogen-bond donors (Lipinski definition) is 2. The average molecular weight is 417 g/mol. The fourth-order valence-electron chi connectivity index (χ4n) is 3.55. The van der Waals surface area contributed by atoms with Gasteiger partial charge in [0.25, 0.3) is 0 Å². The molecule has 0 aromatic heterocycles. The van der Waals surface area contributed by atoms with Crippen LogP contribution in [-0.2, 0) is 0 Å². The first-order valence-electron chi connectivity index (χ1n) is 12.8. The number of nitrogens with one attached hydrogen (secondary N) is 2. The maximum Gasteiger partial charge on any atom is -0.00230 e. The van der Waals surface area contributed by atoms with Gasteiger partial charge in [-0.2, -0.15) is 0 Å². The molecule has 0 bridgehead atoms. The molecule has 0 aliphatic rings. The highest BCUT2D eigenvalue weighted by atomic mass is 14.8. The maximum absolute atomic E-state index is 3.45. The minimum atomic E-state index is 0.825. The lowest BCUT2D eigenvalue weighted by Gasteiger charge is -2.16. The van der Waals surface area contributed by atoms with Crippen LogP contribution in [0.1, 0.15) is 97.3 Å². The van der Waals surface area contributed by atoms with Crippen molar-refractivity contribution in [2.24, 2.45) is 5.92 Å². The Morgan fingerprint density at radius 1 is 0.633 bits per heavy atom. The van der Waals surface area contributed by atoms with Crippen LogP contribution >= 0.6 is 0 Å². The van der Waals surface area contributed by atoms with Crippen molar-refractivity contribution in [1.29, 1.82) is 0 Å². The van der Waals surface area contributed by atoms with Gasteiger partial charge in [-0.25, -0.2) is 0 Å². The Hall–Kier alpha value is -1.12. The summed E-state index contributed by atoms with van der Waals surface area (Å²) in [6.07, 6.45) is 34.8. The van der Waals surface area contributed by atoms with Crippen LogP contribution in [0.3, 0.4) is 0 Å². The monoisotopic (exact) mass is 416 g/mol. The van der Waals surface area contributed by atoms with E-state index in [1.54, 1.807) is 0 Å². The van der Waals surface area contributed by atoms with Crippen molar-refractivity contribution in [3.63, 3.8) is 0 Å². The minimum absolute atomic E-state index is 0.825. The molecule has 2 N–H and O–H groups in total. The normalized spacial score (nSPS) is 13.6. The molecule has 0 fully saturated rings. The molecule has 0 spiro atoms. The van der Waals surface area contributed by atoms with Crippen molar-refractivity contribution in [2.75, 3.05) is 26.7 Å². The Labute approximate surface area is 189 Å². The molecule has 1 unspecified atom stereocenters. The van der Waals surface area contributed by atoms with E-state index in [9.17, 15) is 0 Å². The van der Waals surface area contributed by atoms with E-state index >= 15 is 0 Å². The van der Waals surface area contributed by atoms with Gasteiger partial charge in [-0.15, -0.1) is 0 Å². The van der Waals surface area contributed by atoms with E-state index in [0.717, 1.165) is 44.8 Å². The molecule has 30 heavy (non-hydrogen) atoms. The smallest absolute Gasteiger partial charge is 0.00230 e. The lowest BCUT2D eigenvalue weighted by Crippen LogP contribution is -2.24.